The van der Waals surface area contributed by atoms with Crippen molar-refractivity contribution in [3.63, 3.8) is 0 Å². The summed E-state index contributed by atoms with van der Waals surface area (Å²) in [6.45, 7) is 0. The van der Waals surface area contributed by atoms with Gasteiger partial charge in [0.1, 0.15) is 16.8 Å². The lowest BCUT2D eigenvalue weighted by atomic mass is 9.63. The van der Waals surface area contributed by atoms with Crippen molar-refractivity contribution in [2.75, 3.05) is 24.0 Å². The number of Topliss-reactive ketones (excluding diaryl/α,β-unsaturated/α-hetero) is 1. The number of benzene rings is 2. The average molecular weight is 543 g/mol. The first kappa shape index (κ1) is 22.7. The van der Waals surface area contributed by atoms with Gasteiger partial charge in [-0.1, -0.05) is 45.7 Å². The molecule has 2 aromatic carbocycles. The number of amides is 1. The zero-order chi connectivity index (χ0) is 24.4. The van der Waals surface area contributed by atoms with Crippen molar-refractivity contribution >= 4 is 56.6 Å². The molecule has 1 aliphatic carbocycles. The number of allylic oxidation sites excluding steroid dienone is 1. The maximum absolute atomic E-state index is 14.1. The smallest absolute Gasteiger partial charge is 0.339 e. The van der Waals surface area contributed by atoms with E-state index < -0.39 is 17.3 Å². The Labute approximate surface area is 209 Å². The van der Waals surface area contributed by atoms with Crippen LogP contribution in [0.3, 0.4) is 0 Å². The minimum Gasteiger partial charge on any atom is -0.466 e. The minimum atomic E-state index is -1.69. The minimum absolute atomic E-state index is 0.0166. The molecule has 1 spiro atoms. The van der Waals surface area contributed by atoms with E-state index in [1.807, 2.05) is 0 Å². The molecule has 0 fully saturated rings. The van der Waals surface area contributed by atoms with Crippen molar-refractivity contribution in [3.8, 4) is 0 Å². The van der Waals surface area contributed by atoms with Crippen molar-refractivity contribution in [3.05, 3.63) is 80.2 Å². The summed E-state index contributed by atoms with van der Waals surface area (Å²) in [7, 11) is 2.86. The lowest BCUT2D eigenvalue weighted by Crippen LogP contribution is -2.54. The third kappa shape index (κ3) is 2.85. The molecule has 3 aliphatic rings. The van der Waals surface area contributed by atoms with Gasteiger partial charge in [0.15, 0.2) is 5.78 Å². The summed E-state index contributed by atoms with van der Waals surface area (Å²) >= 11 is 10.00. The van der Waals surface area contributed by atoms with Crippen LogP contribution in [-0.2, 0) is 24.5 Å². The molecule has 9 heteroatoms. The summed E-state index contributed by atoms with van der Waals surface area (Å²) < 4.78 is 5.91. The molecular formula is C25H21BrClN3O4. The number of fused-ring (bicyclic) bond motifs is 3. The van der Waals surface area contributed by atoms with Crippen LogP contribution in [0.4, 0.5) is 11.4 Å². The molecule has 0 radical (unpaired) electrons. The first-order valence-corrected chi connectivity index (χ1v) is 11.9. The second-order valence-corrected chi connectivity index (χ2v) is 9.74. The molecule has 174 valence electrons. The molecule has 5 rings (SSSR count). The van der Waals surface area contributed by atoms with E-state index in [9.17, 15) is 14.4 Å². The molecule has 0 bridgehead atoms. The van der Waals surface area contributed by atoms with Gasteiger partial charge < -0.3 is 15.4 Å². The fraction of sp³-hybridized carbons (Fsp3) is 0.240. The SMILES string of the molecule is COC(=O)C1=C(N)N(c2ccc(Br)cc2Cl)C2=C(C(=O)CCC2)C12C(=O)N(C)c1ccccc12. The maximum Gasteiger partial charge on any atom is 0.339 e. The summed E-state index contributed by atoms with van der Waals surface area (Å²) in [4.78, 5) is 44.2. The molecule has 0 aromatic heterocycles. The highest BCUT2D eigenvalue weighted by atomic mass is 79.9. The Balaban J connectivity index is 1.93. The maximum atomic E-state index is 14.1. The molecule has 1 atom stereocenters. The van der Waals surface area contributed by atoms with Crippen LogP contribution in [-0.4, -0.2) is 31.8 Å². The number of rotatable bonds is 2. The molecule has 2 heterocycles. The van der Waals surface area contributed by atoms with Gasteiger partial charge >= 0.3 is 5.97 Å². The van der Waals surface area contributed by atoms with Crippen LogP contribution in [0.5, 0.6) is 0 Å². The number of halogens is 2. The Morgan fingerprint density at radius 2 is 1.88 bits per heavy atom. The van der Waals surface area contributed by atoms with E-state index in [0.717, 1.165) is 4.47 Å². The van der Waals surface area contributed by atoms with Crippen molar-refractivity contribution in [1.29, 1.82) is 0 Å². The zero-order valence-corrected chi connectivity index (χ0v) is 20.9. The number of para-hydroxylation sites is 1. The zero-order valence-electron chi connectivity index (χ0n) is 18.5. The Morgan fingerprint density at radius 3 is 2.59 bits per heavy atom. The number of esters is 1. The predicted molar refractivity (Wildman–Crippen MR) is 132 cm³/mol. The number of nitrogens with zero attached hydrogens (tertiary/aromatic N) is 2. The van der Waals surface area contributed by atoms with E-state index >= 15 is 0 Å². The second kappa shape index (κ2) is 7.99. The lowest BCUT2D eigenvalue weighted by molar-refractivity contribution is -0.138. The number of methoxy groups -OCH3 is 1. The van der Waals surface area contributed by atoms with E-state index in [-0.39, 0.29) is 29.2 Å². The van der Waals surface area contributed by atoms with Crippen LogP contribution in [0.1, 0.15) is 24.8 Å². The lowest BCUT2D eigenvalue weighted by Gasteiger charge is -2.44. The van der Waals surface area contributed by atoms with Crippen molar-refractivity contribution in [2.24, 2.45) is 5.73 Å². The monoisotopic (exact) mass is 541 g/mol. The highest BCUT2D eigenvalue weighted by Gasteiger charge is 2.63. The van der Waals surface area contributed by atoms with Crippen LogP contribution in [0, 0.1) is 0 Å². The Morgan fingerprint density at radius 1 is 1.15 bits per heavy atom. The number of carbonyl (C=O) groups excluding carboxylic acids is 3. The van der Waals surface area contributed by atoms with Gasteiger partial charge in [-0.05, 0) is 37.1 Å². The van der Waals surface area contributed by atoms with Gasteiger partial charge in [0, 0.05) is 40.5 Å². The van der Waals surface area contributed by atoms with E-state index in [0.29, 0.717) is 40.5 Å². The molecule has 0 saturated heterocycles. The van der Waals surface area contributed by atoms with Gasteiger partial charge in [0.25, 0.3) is 0 Å². The van der Waals surface area contributed by atoms with Gasteiger partial charge in [-0.15, -0.1) is 0 Å². The fourth-order valence-corrected chi connectivity index (χ4v) is 6.15. The van der Waals surface area contributed by atoms with Crippen LogP contribution in [0.25, 0.3) is 0 Å². The summed E-state index contributed by atoms with van der Waals surface area (Å²) in [5.74, 6) is -1.38. The van der Waals surface area contributed by atoms with Gasteiger partial charge in [-0.25, -0.2) is 4.79 Å². The number of nitrogens with two attached hydrogens (primary N) is 1. The van der Waals surface area contributed by atoms with E-state index in [1.165, 1.54) is 12.0 Å². The second-order valence-electron chi connectivity index (χ2n) is 8.41. The fourth-order valence-electron chi connectivity index (χ4n) is 5.39. The van der Waals surface area contributed by atoms with Crippen LogP contribution in [0.2, 0.25) is 5.02 Å². The molecule has 7 nitrogen and oxygen atoms in total. The third-order valence-electron chi connectivity index (χ3n) is 6.74. The molecule has 2 aromatic rings. The number of carbonyl (C=O) groups is 3. The highest BCUT2D eigenvalue weighted by Crippen LogP contribution is 2.57. The first-order chi connectivity index (χ1) is 16.2. The van der Waals surface area contributed by atoms with E-state index in [1.54, 1.807) is 54.4 Å². The molecular weight excluding hydrogens is 522 g/mol. The van der Waals surface area contributed by atoms with Gasteiger partial charge in [0.2, 0.25) is 5.91 Å². The van der Waals surface area contributed by atoms with Crippen molar-refractivity contribution in [2.45, 2.75) is 24.7 Å². The largest absolute Gasteiger partial charge is 0.466 e. The standard InChI is InChI=1S/C25H21BrClN3O4/c1-29-16-7-4-3-6-14(16)25(24(29)33)20-18(8-5-9-19(20)31)30(22(28)21(25)23(32)34-2)17-11-10-13(26)12-15(17)27/h3-4,6-7,10-12H,5,8-9,28H2,1-2H3. The summed E-state index contributed by atoms with van der Waals surface area (Å²) in [5, 5.41) is 0.373. The van der Waals surface area contributed by atoms with E-state index in [4.69, 9.17) is 22.1 Å². The number of hydrogen-bond donors (Lipinski definition) is 1. The first-order valence-electron chi connectivity index (χ1n) is 10.7. The molecule has 1 unspecified atom stereocenters. The quantitative estimate of drug-likeness (QED) is 0.572. The molecule has 34 heavy (non-hydrogen) atoms. The average Bonchev–Trinajstić information content (AvgIpc) is 3.03. The van der Waals surface area contributed by atoms with E-state index in [2.05, 4.69) is 15.9 Å². The predicted octanol–water partition coefficient (Wildman–Crippen LogP) is 4.19. The van der Waals surface area contributed by atoms with Crippen LogP contribution in [0.15, 0.2) is 69.6 Å². The molecule has 2 aliphatic heterocycles. The number of likely N-dealkylation sites (N-methyl/N-ethyl adjacent to an activating group) is 1. The van der Waals surface area contributed by atoms with Gasteiger partial charge in [-0.2, -0.15) is 0 Å². The Hall–Kier alpha value is -3.10. The Kier molecular flexibility index (Phi) is 5.33. The van der Waals surface area contributed by atoms with Crippen molar-refractivity contribution < 1.29 is 19.1 Å². The summed E-state index contributed by atoms with van der Waals surface area (Å²) in [5.41, 5.74) is 7.45. The van der Waals surface area contributed by atoms with Crippen molar-refractivity contribution in [1.82, 2.24) is 0 Å². The summed E-state index contributed by atoms with van der Waals surface area (Å²) in [6.07, 6.45) is 1.34. The molecule has 2 N–H and O–H groups in total. The van der Waals surface area contributed by atoms with Gasteiger partial charge in [-0.3, -0.25) is 14.5 Å². The van der Waals surface area contributed by atoms with Crippen LogP contribution >= 0.6 is 27.5 Å². The number of ether oxygens (including phenoxy) is 1. The number of hydrogen-bond acceptors (Lipinski definition) is 6. The molecule has 1 amide bonds. The van der Waals surface area contributed by atoms with Gasteiger partial charge in [0.05, 0.1) is 17.8 Å². The molecule has 0 saturated carbocycles. The highest BCUT2D eigenvalue weighted by molar-refractivity contribution is 9.10. The Bertz CT molecular complexity index is 1350. The third-order valence-corrected chi connectivity index (χ3v) is 7.53. The number of ketones is 1. The topological polar surface area (TPSA) is 92.9 Å². The summed E-state index contributed by atoms with van der Waals surface area (Å²) in [6, 6.07) is 12.4. The normalized spacial score (nSPS) is 21.9. The van der Waals surface area contributed by atoms with Crippen LogP contribution < -0.4 is 15.5 Å². The number of anilines is 2.